The Morgan fingerprint density at radius 2 is 1.17 bits per heavy atom. The molecule has 0 amide bonds. The van der Waals surface area contributed by atoms with Crippen LogP contribution in [-0.2, 0) is 19.7 Å². The van der Waals surface area contributed by atoms with Crippen molar-refractivity contribution in [1.82, 2.24) is 0 Å². The maximum absolute atomic E-state index is 13.8. The summed E-state index contributed by atoms with van der Waals surface area (Å²) >= 11 is 3.54. The minimum absolute atomic E-state index is 0.333. The Labute approximate surface area is 214 Å². The zero-order valence-electron chi connectivity index (χ0n) is 19.4. The molecule has 1 unspecified atom stereocenters. The van der Waals surface area contributed by atoms with Gasteiger partial charge in [0, 0.05) is 0 Å². The van der Waals surface area contributed by atoms with Crippen molar-refractivity contribution in [1.29, 1.82) is 0 Å². The molecule has 1 heterocycles. The van der Waals surface area contributed by atoms with Crippen molar-refractivity contribution < 1.29 is 14.1 Å². The predicted octanol–water partition coefficient (Wildman–Crippen LogP) is 5.83. The predicted molar refractivity (Wildman–Crippen MR) is 146 cm³/mol. The van der Waals surface area contributed by atoms with Gasteiger partial charge in [0.2, 0.25) is 0 Å². The molecule has 176 valence electrons. The second-order valence-corrected chi connectivity index (χ2v) is 14.9. The van der Waals surface area contributed by atoms with Crippen LogP contribution in [0.25, 0.3) is 0 Å². The first kappa shape index (κ1) is 22.7. The van der Waals surface area contributed by atoms with Gasteiger partial charge in [-0.15, -0.1) is 0 Å². The van der Waals surface area contributed by atoms with E-state index in [1.54, 1.807) is 0 Å². The van der Waals surface area contributed by atoms with Crippen LogP contribution in [0.1, 0.15) is 18.4 Å². The van der Waals surface area contributed by atoms with E-state index in [1.165, 1.54) is 7.11 Å². The van der Waals surface area contributed by atoms with Gasteiger partial charge in [-0.25, -0.2) is 0 Å². The number of methoxy groups -OCH3 is 1. The van der Waals surface area contributed by atoms with Crippen LogP contribution in [0.15, 0.2) is 120 Å². The summed E-state index contributed by atoms with van der Waals surface area (Å²) in [7, 11) is 1.46. The average Bonchev–Trinajstić information content (AvgIpc) is 3.76. The molecule has 1 saturated heterocycles. The topological polar surface area (TPSA) is 35.5 Å². The molecule has 4 aromatic rings. The number of hydrogen-bond donors (Lipinski definition) is 0. The summed E-state index contributed by atoms with van der Waals surface area (Å²) < 4.78 is 14.0. The van der Waals surface area contributed by atoms with Gasteiger partial charge in [0.05, 0.1) is 0 Å². The summed E-state index contributed by atoms with van der Waals surface area (Å²) in [5.41, 5.74) is -0.352. The molecule has 1 spiro atoms. The molecule has 0 N–H and O–H groups in total. The van der Waals surface area contributed by atoms with E-state index >= 15 is 0 Å². The number of benzene rings is 4. The van der Waals surface area contributed by atoms with Crippen molar-refractivity contribution in [3.8, 4) is 0 Å². The second-order valence-electron chi connectivity index (χ2n) is 9.35. The number of halogens is 1. The van der Waals surface area contributed by atoms with Crippen LogP contribution in [0.4, 0.5) is 0 Å². The molecule has 2 fully saturated rings. The molecular formula is C30H26BrO3P. The Kier molecular flexibility index (Phi) is 5.09. The maximum atomic E-state index is 13.8. The van der Waals surface area contributed by atoms with E-state index in [0.717, 1.165) is 38.8 Å². The van der Waals surface area contributed by atoms with Crippen LogP contribution in [0.5, 0.6) is 0 Å². The molecule has 1 saturated carbocycles. The summed E-state index contributed by atoms with van der Waals surface area (Å²) in [5, 5.41) is 2.98. The quantitative estimate of drug-likeness (QED) is 0.234. The van der Waals surface area contributed by atoms with Crippen molar-refractivity contribution in [3.05, 3.63) is 125 Å². The van der Waals surface area contributed by atoms with Crippen molar-refractivity contribution in [3.63, 3.8) is 0 Å². The van der Waals surface area contributed by atoms with Crippen molar-refractivity contribution in [2.24, 2.45) is 0 Å². The summed E-state index contributed by atoms with van der Waals surface area (Å²) in [4.78, 5) is 13.8. The molecule has 0 bridgehead atoms. The van der Waals surface area contributed by atoms with E-state index < -0.39 is 17.6 Å². The summed E-state index contributed by atoms with van der Waals surface area (Å²) in [6.07, 6.45) is 1.74. The third-order valence-corrected chi connectivity index (χ3v) is 15.4. The van der Waals surface area contributed by atoms with Crippen molar-refractivity contribution >= 4 is 44.6 Å². The Morgan fingerprint density at radius 1 is 0.743 bits per heavy atom. The van der Waals surface area contributed by atoms with E-state index in [2.05, 4.69) is 88.7 Å². The van der Waals surface area contributed by atoms with E-state index in [4.69, 9.17) is 9.26 Å². The number of esters is 1. The standard InChI is InChI=1S/C30H26BrO3P/c1-33-28(32)30(23-17-19-24(31)20-18-23)29(21-22-29)35(34-30,25-11-5-2-6-12-25,26-13-7-3-8-14-26)27-15-9-4-10-16-27/h2-20H,21-22H2,1H3. The molecule has 1 aliphatic heterocycles. The van der Waals surface area contributed by atoms with Crippen LogP contribution < -0.4 is 15.9 Å². The van der Waals surface area contributed by atoms with Crippen LogP contribution in [0.3, 0.4) is 0 Å². The number of carbonyl (C=O) groups excluding carboxylic acids is 1. The molecule has 6 rings (SSSR count). The Hall–Kier alpha value is -2.78. The number of hydrogen-bond acceptors (Lipinski definition) is 3. The summed E-state index contributed by atoms with van der Waals surface area (Å²) in [6, 6.07) is 39.6. The zero-order chi connectivity index (χ0) is 24.2. The van der Waals surface area contributed by atoms with E-state index in [1.807, 2.05) is 42.5 Å². The summed E-state index contributed by atoms with van der Waals surface area (Å²) in [5.74, 6) is -0.333. The van der Waals surface area contributed by atoms with Gasteiger partial charge in [0.15, 0.2) is 0 Å². The number of ether oxygens (including phenoxy) is 1. The van der Waals surface area contributed by atoms with Gasteiger partial charge in [-0.1, -0.05) is 0 Å². The fourth-order valence-electron chi connectivity index (χ4n) is 6.58. The van der Waals surface area contributed by atoms with E-state index in [9.17, 15) is 4.79 Å². The third-order valence-electron chi connectivity index (χ3n) is 7.99. The van der Waals surface area contributed by atoms with Gasteiger partial charge in [-0.2, -0.15) is 0 Å². The molecule has 35 heavy (non-hydrogen) atoms. The first-order valence-electron chi connectivity index (χ1n) is 11.8. The molecule has 5 heteroatoms. The molecule has 2 aliphatic rings. The van der Waals surface area contributed by atoms with Gasteiger partial charge >= 0.3 is 215 Å². The molecular weight excluding hydrogens is 519 g/mol. The zero-order valence-corrected chi connectivity index (χ0v) is 21.9. The van der Waals surface area contributed by atoms with Gasteiger partial charge in [-0.3, -0.25) is 0 Å². The van der Waals surface area contributed by atoms with E-state index in [0.29, 0.717) is 0 Å². The molecule has 0 aromatic heterocycles. The fourth-order valence-corrected chi connectivity index (χ4v) is 14.5. The van der Waals surface area contributed by atoms with Crippen molar-refractivity contribution in [2.75, 3.05) is 7.11 Å². The fraction of sp³-hybridized carbons (Fsp3) is 0.167. The molecule has 1 aliphatic carbocycles. The third kappa shape index (κ3) is 2.55. The first-order chi connectivity index (χ1) is 17.1. The minimum atomic E-state index is -3.59. The first-order valence-corrected chi connectivity index (χ1v) is 14.7. The number of carbonyl (C=O) groups is 1. The van der Waals surface area contributed by atoms with Crippen LogP contribution in [0.2, 0.25) is 0 Å². The summed E-state index contributed by atoms with van der Waals surface area (Å²) in [6.45, 7) is -3.59. The van der Waals surface area contributed by atoms with Gasteiger partial charge in [0.1, 0.15) is 0 Å². The molecule has 0 radical (unpaired) electrons. The molecule has 1 atom stereocenters. The Balaban J connectivity index is 1.77. The second kappa shape index (κ2) is 7.86. The Morgan fingerprint density at radius 3 is 1.54 bits per heavy atom. The monoisotopic (exact) mass is 544 g/mol. The molecule has 3 nitrogen and oxygen atoms in total. The van der Waals surface area contributed by atoms with Gasteiger partial charge in [-0.05, 0) is 0 Å². The van der Waals surface area contributed by atoms with Crippen LogP contribution >= 0.6 is 22.8 Å². The van der Waals surface area contributed by atoms with Crippen molar-refractivity contribution in [2.45, 2.75) is 23.6 Å². The Bertz CT molecular complexity index is 1290. The van der Waals surface area contributed by atoms with Gasteiger partial charge in [0.25, 0.3) is 0 Å². The SMILES string of the molecule is COC(=O)C1(c2ccc(Br)cc2)OP(c2ccccc2)(c2ccccc2)(c2ccccc2)C12CC2. The number of rotatable bonds is 5. The van der Waals surface area contributed by atoms with E-state index in [-0.39, 0.29) is 5.97 Å². The van der Waals surface area contributed by atoms with Crippen LogP contribution in [-0.4, -0.2) is 18.2 Å². The van der Waals surface area contributed by atoms with Crippen LogP contribution in [0, 0.1) is 0 Å². The normalized spacial score (nSPS) is 23.9. The van der Waals surface area contributed by atoms with Gasteiger partial charge < -0.3 is 0 Å². The molecule has 4 aromatic carbocycles. The average molecular weight is 545 g/mol.